The minimum atomic E-state index is -3.21. The minimum absolute atomic E-state index is 0.0581. The zero-order valence-corrected chi connectivity index (χ0v) is 16.8. The molecule has 1 saturated heterocycles. The number of carbonyl (C=O) groups excluding carboxylic acids is 1. The molecule has 27 heavy (non-hydrogen) atoms. The third kappa shape index (κ3) is 4.68. The van der Waals surface area contributed by atoms with Crippen LogP contribution in [0.2, 0.25) is 0 Å². The van der Waals surface area contributed by atoms with Gasteiger partial charge in [0.15, 0.2) is 0 Å². The van der Waals surface area contributed by atoms with Gasteiger partial charge in [-0.15, -0.1) is 0 Å². The first kappa shape index (κ1) is 19.8. The molecule has 1 N–H and O–H groups in total. The van der Waals surface area contributed by atoms with Gasteiger partial charge in [-0.1, -0.05) is 26.0 Å². The molecule has 1 fully saturated rings. The number of sulfonamides is 1. The van der Waals surface area contributed by atoms with Gasteiger partial charge in [0.1, 0.15) is 12.4 Å². The number of nitrogens with zero attached hydrogens (tertiary/aromatic N) is 3. The molecule has 0 atom stereocenters. The molecule has 0 bridgehead atoms. The summed E-state index contributed by atoms with van der Waals surface area (Å²) in [5.41, 5.74) is 1.89. The lowest BCUT2D eigenvalue weighted by molar-refractivity contribution is -0.132. The Morgan fingerprint density at radius 1 is 1.22 bits per heavy atom. The maximum Gasteiger partial charge on any atom is 0.242 e. The number of piperidine rings is 1. The van der Waals surface area contributed by atoms with Crippen molar-refractivity contribution >= 4 is 27.0 Å². The van der Waals surface area contributed by atoms with Crippen LogP contribution in [0.4, 0.5) is 0 Å². The smallest absolute Gasteiger partial charge is 0.242 e. The summed E-state index contributed by atoms with van der Waals surface area (Å²) in [5, 5.41) is 0. The van der Waals surface area contributed by atoms with Crippen molar-refractivity contribution < 1.29 is 13.2 Å². The fourth-order valence-corrected chi connectivity index (χ4v) is 5.03. The average Bonchev–Trinajstić information content (AvgIpc) is 2.99. The highest BCUT2D eigenvalue weighted by Crippen LogP contribution is 2.18. The van der Waals surface area contributed by atoms with Gasteiger partial charge >= 0.3 is 0 Å². The Kier molecular flexibility index (Phi) is 6.16. The Bertz CT molecular complexity index is 899. The topological polar surface area (TPSA) is 84.3 Å². The van der Waals surface area contributed by atoms with Gasteiger partial charge in [-0.2, -0.15) is 0 Å². The molecule has 1 amide bonds. The number of benzene rings is 1. The van der Waals surface area contributed by atoms with Crippen LogP contribution in [0, 0.1) is 0 Å². The van der Waals surface area contributed by atoms with Gasteiger partial charge in [-0.05, 0) is 31.4 Å². The molecule has 0 saturated carbocycles. The van der Waals surface area contributed by atoms with Crippen molar-refractivity contribution in [2.75, 3.05) is 18.8 Å². The van der Waals surface area contributed by atoms with Gasteiger partial charge in [0.05, 0.1) is 16.8 Å². The summed E-state index contributed by atoms with van der Waals surface area (Å²) in [4.78, 5) is 19.3. The fourth-order valence-electron chi connectivity index (χ4n) is 3.64. The molecule has 2 aromatic rings. The Morgan fingerprint density at radius 3 is 2.59 bits per heavy atom. The summed E-state index contributed by atoms with van der Waals surface area (Å²) in [6.45, 7) is 5.31. The SMILES string of the molecule is CCCS(=O)(=O)NC1CCN(C(=O)Cn2c(CC)nc3ccccc32)CC1. The number of hydrogen-bond acceptors (Lipinski definition) is 4. The Hall–Kier alpha value is -1.93. The van der Waals surface area contributed by atoms with E-state index in [0.717, 1.165) is 23.3 Å². The summed E-state index contributed by atoms with van der Waals surface area (Å²) in [6, 6.07) is 7.78. The number of nitrogens with one attached hydrogen (secondary N) is 1. The zero-order chi connectivity index (χ0) is 19.4. The standard InChI is InChI=1S/C19H28N4O3S/c1-3-13-27(25,26)21-15-9-11-22(12-10-15)19(24)14-23-17-8-6-5-7-16(17)20-18(23)4-2/h5-8,15,21H,3-4,9-14H2,1-2H3. The second-order valence-electron chi connectivity index (χ2n) is 7.05. The lowest BCUT2D eigenvalue weighted by atomic mass is 10.1. The number of para-hydroxylation sites is 2. The molecule has 0 spiro atoms. The number of likely N-dealkylation sites (tertiary alicyclic amines) is 1. The molecule has 7 nitrogen and oxygen atoms in total. The van der Waals surface area contributed by atoms with Crippen molar-refractivity contribution in [2.45, 2.75) is 52.1 Å². The minimum Gasteiger partial charge on any atom is -0.341 e. The number of aromatic nitrogens is 2. The van der Waals surface area contributed by atoms with E-state index in [0.29, 0.717) is 32.4 Å². The molecule has 3 rings (SSSR count). The van der Waals surface area contributed by atoms with Crippen molar-refractivity contribution in [3.63, 3.8) is 0 Å². The number of amides is 1. The Labute approximate surface area is 160 Å². The normalized spacial score (nSPS) is 16.1. The summed E-state index contributed by atoms with van der Waals surface area (Å²) in [7, 11) is -3.21. The Morgan fingerprint density at radius 2 is 1.93 bits per heavy atom. The summed E-state index contributed by atoms with van der Waals surface area (Å²) < 4.78 is 28.6. The predicted octanol–water partition coefficient (Wildman–Crippen LogP) is 1.92. The van der Waals surface area contributed by atoms with E-state index in [1.54, 1.807) is 0 Å². The molecule has 0 unspecified atom stereocenters. The largest absolute Gasteiger partial charge is 0.341 e. The van der Waals surface area contributed by atoms with Crippen LogP contribution in [0.3, 0.4) is 0 Å². The van der Waals surface area contributed by atoms with Crippen LogP contribution in [0.1, 0.15) is 38.9 Å². The van der Waals surface area contributed by atoms with Crippen LogP contribution in [0.15, 0.2) is 24.3 Å². The highest BCUT2D eigenvalue weighted by molar-refractivity contribution is 7.89. The van der Waals surface area contributed by atoms with E-state index in [-0.39, 0.29) is 24.2 Å². The van der Waals surface area contributed by atoms with Gasteiger partial charge in [-0.25, -0.2) is 18.1 Å². The number of carbonyl (C=O) groups is 1. The highest BCUT2D eigenvalue weighted by atomic mass is 32.2. The van der Waals surface area contributed by atoms with Crippen LogP contribution in [-0.2, 0) is 27.8 Å². The van der Waals surface area contributed by atoms with Gasteiger partial charge < -0.3 is 9.47 Å². The van der Waals surface area contributed by atoms with Crippen molar-refractivity contribution in [1.82, 2.24) is 19.2 Å². The molecule has 1 aromatic carbocycles. The number of fused-ring (bicyclic) bond motifs is 1. The van der Waals surface area contributed by atoms with E-state index in [1.165, 1.54) is 0 Å². The molecule has 8 heteroatoms. The van der Waals surface area contributed by atoms with E-state index in [1.807, 2.05) is 47.6 Å². The molecule has 0 aliphatic carbocycles. The van der Waals surface area contributed by atoms with Crippen molar-refractivity contribution in [2.24, 2.45) is 0 Å². The van der Waals surface area contributed by atoms with E-state index < -0.39 is 10.0 Å². The number of imidazole rings is 1. The van der Waals surface area contributed by atoms with E-state index in [9.17, 15) is 13.2 Å². The average molecular weight is 393 g/mol. The molecule has 2 heterocycles. The lowest BCUT2D eigenvalue weighted by Gasteiger charge is -2.32. The summed E-state index contributed by atoms with van der Waals surface area (Å²) in [6.07, 6.45) is 2.68. The van der Waals surface area contributed by atoms with Gasteiger partial charge in [0.25, 0.3) is 0 Å². The van der Waals surface area contributed by atoms with Crippen LogP contribution < -0.4 is 4.72 Å². The van der Waals surface area contributed by atoms with Gasteiger partial charge in [-0.3, -0.25) is 4.79 Å². The first-order valence-corrected chi connectivity index (χ1v) is 11.3. The molecule has 148 valence electrons. The highest BCUT2D eigenvalue weighted by Gasteiger charge is 2.26. The summed E-state index contributed by atoms with van der Waals surface area (Å²) >= 11 is 0. The molecular weight excluding hydrogens is 364 g/mol. The zero-order valence-electron chi connectivity index (χ0n) is 16.0. The lowest BCUT2D eigenvalue weighted by Crippen LogP contribution is -2.47. The maximum atomic E-state index is 12.8. The van der Waals surface area contributed by atoms with Gasteiger partial charge in [0, 0.05) is 25.6 Å². The molecule has 0 radical (unpaired) electrons. The van der Waals surface area contributed by atoms with Crippen molar-refractivity contribution in [3.8, 4) is 0 Å². The van der Waals surface area contributed by atoms with Crippen LogP contribution in [0.5, 0.6) is 0 Å². The first-order valence-electron chi connectivity index (χ1n) is 9.65. The molecule has 1 aliphatic heterocycles. The number of hydrogen-bond donors (Lipinski definition) is 1. The van der Waals surface area contributed by atoms with Crippen LogP contribution >= 0.6 is 0 Å². The third-order valence-corrected chi connectivity index (χ3v) is 6.65. The van der Waals surface area contributed by atoms with Crippen LogP contribution in [-0.4, -0.2) is 53.7 Å². The monoisotopic (exact) mass is 392 g/mol. The maximum absolute atomic E-state index is 12.8. The van der Waals surface area contributed by atoms with Crippen molar-refractivity contribution in [1.29, 1.82) is 0 Å². The number of rotatable bonds is 7. The van der Waals surface area contributed by atoms with Gasteiger partial charge in [0.2, 0.25) is 15.9 Å². The Balaban J connectivity index is 1.62. The van der Waals surface area contributed by atoms with E-state index in [4.69, 9.17) is 0 Å². The second kappa shape index (κ2) is 8.39. The van der Waals surface area contributed by atoms with Crippen molar-refractivity contribution in [3.05, 3.63) is 30.1 Å². The second-order valence-corrected chi connectivity index (χ2v) is 8.92. The van der Waals surface area contributed by atoms with E-state index in [2.05, 4.69) is 9.71 Å². The fraction of sp³-hybridized carbons (Fsp3) is 0.579. The van der Waals surface area contributed by atoms with E-state index >= 15 is 0 Å². The number of aryl methyl sites for hydroxylation is 1. The van der Waals surface area contributed by atoms with Crippen LogP contribution in [0.25, 0.3) is 11.0 Å². The first-order chi connectivity index (χ1) is 12.9. The molecule has 1 aromatic heterocycles. The summed E-state index contributed by atoms with van der Waals surface area (Å²) in [5.74, 6) is 1.12. The quantitative estimate of drug-likeness (QED) is 0.780. The third-order valence-electron chi connectivity index (χ3n) is 5.01. The molecular formula is C19H28N4O3S. The molecule has 1 aliphatic rings. The predicted molar refractivity (Wildman–Crippen MR) is 106 cm³/mol.